The van der Waals surface area contributed by atoms with Gasteiger partial charge in [-0.1, -0.05) is 49.4 Å². The van der Waals surface area contributed by atoms with Gasteiger partial charge in [0.2, 0.25) is 0 Å². The van der Waals surface area contributed by atoms with Crippen LogP contribution in [0, 0.1) is 17.5 Å². The van der Waals surface area contributed by atoms with Gasteiger partial charge in [-0.25, -0.2) is 22.0 Å². The first-order chi connectivity index (χ1) is 14.4. The maximum absolute atomic E-state index is 14.9. The van der Waals surface area contributed by atoms with E-state index in [0.717, 1.165) is 18.1 Å². The second-order valence-corrected chi connectivity index (χ2v) is 6.98. The van der Waals surface area contributed by atoms with E-state index in [1.807, 2.05) is 13.8 Å². The number of aryl methyl sites for hydroxylation is 2. The molecule has 0 aliphatic heterocycles. The van der Waals surface area contributed by atoms with E-state index in [1.54, 1.807) is 24.3 Å². The van der Waals surface area contributed by atoms with E-state index in [4.69, 9.17) is 0 Å². The van der Waals surface area contributed by atoms with Crippen LogP contribution in [0.4, 0.5) is 22.0 Å². The van der Waals surface area contributed by atoms with E-state index in [0.29, 0.717) is 6.42 Å². The summed E-state index contributed by atoms with van der Waals surface area (Å²) in [6, 6.07) is 9.72. The first kappa shape index (κ1) is 21.8. The van der Waals surface area contributed by atoms with Crippen LogP contribution in [0.3, 0.4) is 0 Å². The summed E-state index contributed by atoms with van der Waals surface area (Å²) in [6.07, 6.45) is 5.07. The van der Waals surface area contributed by atoms with Gasteiger partial charge in [0.05, 0.1) is 5.39 Å². The molecule has 0 unspecified atom stereocenters. The molecule has 3 rings (SSSR count). The van der Waals surface area contributed by atoms with E-state index in [-0.39, 0.29) is 22.9 Å². The first-order valence-electron chi connectivity index (χ1n) is 9.74. The summed E-state index contributed by atoms with van der Waals surface area (Å²) < 4.78 is 73.3. The van der Waals surface area contributed by atoms with Crippen LogP contribution in [-0.4, -0.2) is 0 Å². The number of rotatable bonds is 6. The minimum absolute atomic E-state index is 0.0600. The molecule has 30 heavy (non-hydrogen) atoms. The molecule has 0 nitrogen and oxygen atoms in total. The minimum atomic E-state index is -1.46. The maximum Gasteiger partial charge on any atom is 0.169 e. The molecule has 3 aromatic carbocycles. The summed E-state index contributed by atoms with van der Waals surface area (Å²) >= 11 is 0. The molecule has 0 aliphatic rings. The zero-order valence-electron chi connectivity index (χ0n) is 16.7. The van der Waals surface area contributed by atoms with Gasteiger partial charge in [-0.15, -0.1) is 0 Å². The van der Waals surface area contributed by atoms with Gasteiger partial charge >= 0.3 is 0 Å². The fourth-order valence-electron chi connectivity index (χ4n) is 3.32. The quantitative estimate of drug-likeness (QED) is 0.216. The number of halogens is 5. The molecule has 0 fully saturated rings. The molecule has 156 valence electrons. The highest BCUT2D eigenvalue weighted by molar-refractivity contribution is 5.91. The second kappa shape index (κ2) is 9.24. The van der Waals surface area contributed by atoms with Crippen LogP contribution < -0.4 is 0 Å². The van der Waals surface area contributed by atoms with Crippen molar-refractivity contribution in [3.05, 3.63) is 94.3 Å². The highest BCUT2D eigenvalue weighted by Gasteiger charge is 2.22. The van der Waals surface area contributed by atoms with Crippen molar-refractivity contribution in [2.24, 2.45) is 0 Å². The summed E-state index contributed by atoms with van der Waals surface area (Å²) in [6.45, 7) is 3.74. The smallest absolute Gasteiger partial charge is 0.169 e. The van der Waals surface area contributed by atoms with Gasteiger partial charge in [0, 0.05) is 11.1 Å². The van der Waals surface area contributed by atoms with Gasteiger partial charge < -0.3 is 0 Å². The van der Waals surface area contributed by atoms with Crippen LogP contribution in [0.2, 0.25) is 0 Å². The van der Waals surface area contributed by atoms with Crippen LogP contribution in [0.15, 0.2) is 54.6 Å². The van der Waals surface area contributed by atoms with Crippen molar-refractivity contribution in [2.45, 2.75) is 33.1 Å². The third-order valence-corrected chi connectivity index (χ3v) is 5.06. The zero-order valence-corrected chi connectivity index (χ0v) is 16.7. The fraction of sp³-hybridized carbons (Fsp3) is 0.200. The number of hydrogen-bond donors (Lipinski definition) is 0. The van der Waals surface area contributed by atoms with E-state index >= 15 is 0 Å². The fourth-order valence-corrected chi connectivity index (χ4v) is 3.32. The summed E-state index contributed by atoms with van der Waals surface area (Å²) in [5.41, 5.74) is 0.227. The molecule has 0 N–H and O–H groups in total. The van der Waals surface area contributed by atoms with Crippen LogP contribution in [0.25, 0.3) is 22.4 Å². The molecule has 5 heteroatoms. The summed E-state index contributed by atoms with van der Waals surface area (Å²) in [5.74, 6) is -6.64. The lowest BCUT2D eigenvalue weighted by atomic mass is 9.98. The Morgan fingerprint density at radius 1 is 0.867 bits per heavy atom. The molecule has 3 aromatic rings. The molecule has 0 atom stereocenters. The number of benzene rings is 3. The molecular weight excluding hydrogens is 395 g/mol. The normalized spacial score (nSPS) is 12.6. The molecule has 0 spiro atoms. The van der Waals surface area contributed by atoms with Crippen LogP contribution in [0.1, 0.15) is 42.5 Å². The summed E-state index contributed by atoms with van der Waals surface area (Å²) in [7, 11) is 0. The van der Waals surface area contributed by atoms with Crippen molar-refractivity contribution in [1.29, 1.82) is 0 Å². The maximum atomic E-state index is 14.9. The highest BCUT2D eigenvalue weighted by Crippen LogP contribution is 2.35. The number of fused-ring (bicyclic) bond motifs is 1. The molecule has 0 aliphatic carbocycles. The van der Waals surface area contributed by atoms with Gasteiger partial charge in [0.15, 0.2) is 23.3 Å². The van der Waals surface area contributed by atoms with Crippen molar-refractivity contribution >= 4 is 22.4 Å². The van der Waals surface area contributed by atoms with Crippen LogP contribution in [0.5, 0.6) is 0 Å². The Balaban J connectivity index is 2.09. The topological polar surface area (TPSA) is 0 Å². The van der Waals surface area contributed by atoms with Gasteiger partial charge in [-0.3, -0.25) is 0 Å². The predicted octanol–water partition coefficient (Wildman–Crippen LogP) is 8.09. The van der Waals surface area contributed by atoms with Crippen molar-refractivity contribution in [2.75, 3.05) is 0 Å². The van der Waals surface area contributed by atoms with Gasteiger partial charge in [-0.05, 0) is 54.8 Å². The molecule has 0 bridgehead atoms. The van der Waals surface area contributed by atoms with E-state index < -0.39 is 40.1 Å². The van der Waals surface area contributed by atoms with Gasteiger partial charge in [0.1, 0.15) is 5.82 Å². The van der Waals surface area contributed by atoms with Crippen LogP contribution >= 0.6 is 0 Å². The zero-order chi connectivity index (χ0) is 21.8. The molecule has 0 radical (unpaired) electrons. The Kier molecular flexibility index (Phi) is 6.70. The Labute approximate surface area is 172 Å². The highest BCUT2D eigenvalue weighted by atomic mass is 19.2. The van der Waals surface area contributed by atoms with Crippen LogP contribution in [-0.2, 0) is 12.8 Å². The first-order valence-corrected chi connectivity index (χ1v) is 9.74. The standard InChI is InChI=1S/C25H21F5/c1-3-5-6-7-18-14-17-12-13-19(23(28)20(17)25(30)22(18)27)24(29)21(26)16-10-8-15(4-2)9-11-16/h3,5,8-14H,4,6-7H2,1-2H3/b5-3+,24-21?. The molecule has 0 aromatic heterocycles. The average molecular weight is 416 g/mol. The Morgan fingerprint density at radius 3 is 2.20 bits per heavy atom. The van der Waals surface area contributed by atoms with E-state index in [1.165, 1.54) is 24.3 Å². The lowest BCUT2D eigenvalue weighted by Gasteiger charge is -2.11. The Morgan fingerprint density at radius 2 is 1.57 bits per heavy atom. The lowest BCUT2D eigenvalue weighted by Crippen LogP contribution is -2.00. The molecule has 0 heterocycles. The molecule has 0 saturated heterocycles. The minimum Gasteiger partial charge on any atom is -0.205 e. The third kappa shape index (κ3) is 4.16. The second-order valence-electron chi connectivity index (χ2n) is 6.98. The van der Waals surface area contributed by atoms with Gasteiger partial charge in [-0.2, -0.15) is 0 Å². The molecule has 0 saturated carbocycles. The summed E-state index contributed by atoms with van der Waals surface area (Å²) in [4.78, 5) is 0. The Bertz CT molecular complexity index is 1120. The largest absolute Gasteiger partial charge is 0.205 e. The van der Waals surface area contributed by atoms with E-state index in [9.17, 15) is 22.0 Å². The predicted molar refractivity (Wildman–Crippen MR) is 112 cm³/mol. The van der Waals surface area contributed by atoms with Crippen molar-refractivity contribution in [1.82, 2.24) is 0 Å². The van der Waals surface area contributed by atoms with Gasteiger partial charge in [0.25, 0.3) is 0 Å². The number of hydrogen-bond acceptors (Lipinski definition) is 0. The van der Waals surface area contributed by atoms with Crippen molar-refractivity contribution in [3.63, 3.8) is 0 Å². The lowest BCUT2D eigenvalue weighted by molar-refractivity contribution is 0.502. The third-order valence-electron chi connectivity index (χ3n) is 5.06. The van der Waals surface area contributed by atoms with Crippen molar-refractivity contribution in [3.8, 4) is 0 Å². The monoisotopic (exact) mass is 416 g/mol. The molecule has 0 amide bonds. The molecular formula is C25H21F5. The van der Waals surface area contributed by atoms with Crippen molar-refractivity contribution < 1.29 is 22.0 Å². The van der Waals surface area contributed by atoms with E-state index in [2.05, 4.69) is 0 Å². The summed E-state index contributed by atoms with van der Waals surface area (Å²) in [5, 5.41) is -0.602. The Hall–Kier alpha value is -2.95. The SMILES string of the molecule is C/C=C/CCc1cc2ccc(C(F)=C(F)c3ccc(CC)cc3)c(F)c2c(F)c1F. The average Bonchev–Trinajstić information content (AvgIpc) is 2.76. The number of allylic oxidation sites excluding steroid dienone is 2.